The van der Waals surface area contributed by atoms with Crippen molar-refractivity contribution in [2.24, 2.45) is 0 Å². The summed E-state index contributed by atoms with van der Waals surface area (Å²) >= 11 is 0. The third-order valence-corrected chi connectivity index (χ3v) is 3.86. The maximum absolute atomic E-state index is 13.3. The van der Waals surface area contributed by atoms with Crippen LogP contribution in [-0.4, -0.2) is 16.3 Å². The van der Waals surface area contributed by atoms with Crippen LogP contribution in [0.5, 0.6) is 0 Å². The predicted octanol–water partition coefficient (Wildman–Crippen LogP) is 4.23. The van der Waals surface area contributed by atoms with Gasteiger partial charge in [-0.15, -0.1) is 13.2 Å². The molecular weight excluding hydrogens is 303 g/mol. The summed E-state index contributed by atoms with van der Waals surface area (Å²) in [5.41, 5.74) is 5.31. The van der Waals surface area contributed by atoms with Crippen molar-refractivity contribution in [3.8, 4) is 0 Å². The fourth-order valence-corrected chi connectivity index (χ4v) is 2.89. The van der Waals surface area contributed by atoms with E-state index >= 15 is 0 Å². The van der Waals surface area contributed by atoms with Gasteiger partial charge in [-0.3, -0.25) is 4.79 Å². The monoisotopic (exact) mass is 322 g/mol. The summed E-state index contributed by atoms with van der Waals surface area (Å²) in [5.74, 6) is 0.363. The number of carbonyl (C=O) groups is 1. The maximum Gasteiger partial charge on any atom is 0.159 e. The molecule has 24 heavy (non-hydrogen) atoms. The van der Waals surface area contributed by atoms with Gasteiger partial charge in [-0.2, -0.15) is 0 Å². The lowest BCUT2D eigenvalue weighted by Crippen LogP contribution is -2.05. The van der Waals surface area contributed by atoms with E-state index in [-0.39, 0.29) is 5.82 Å². The molecule has 0 aliphatic heterocycles. The lowest BCUT2D eigenvalue weighted by Gasteiger charge is -2.11. The largest absolute Gasteiger partial charge is 0.298 e. The van der Waals surface area contributed by atoms with Crippen LogP contribution >= 0.6 is 0 Å². The van der Waals surface area contributed by atoms with Gasteiger partial charge in [-0.1, -0.05) is 18.7 Å². The molecule has 0 fully saturated rings. The van der Waals surface area contributed by atoms with Gasteiger partial charge in [0, 0.05) is 28.1 Å². The van der Waals surface area contributed by atoms with Crippen molar-refractivity contribution in [2.45, 2.75) is 20.3 Å². The fraction of sp³-hybridized carbons (Fsp3) is 0.150. The average molecular weight is 322 g/mol. The van der Waals surface area contributed by atoms with Crippen LogP contribution in [0, 0.1) is 19.7 Å². The predicted molar refractivity (Wildman–Crippen MR) is 95.0 cm³/mol. The second-order valence-corrected chi connectivity index (χ2v) is 5.36. The van der Waals surface area contributed by atoms with E-state index in [1.807, 2.05) is 19.9 Å². The number of allylic oxidation sites excluding steroid dienone is 2. The summed E-state index contributed by atoms with van der Waals surface area (Å²) in [5, 5.41) is 0. The van der Waals surface area contributed by atoms with E-state index in [9.17, 15) is 9.18 Å². The van der Waals surface area contributed by atoms with E-state index < -0.39 is 0 Å². The van der Waals surface area contributed by atoms with Crippen molar-refractivity contribution < 1.29 is 9.18 Å². The fourth-order valence-electron chi connectivity index (χ4n) is 2.89. The molecule has 0 N–H and O–H groups in total. The van der Waals surface area contributed by atoms with Gasteiger partial charge in [-0.05, 0) is 43.5 Å². The lowest BCUT2D eigenvalue weighted by atomic mass is 10.0. The minimum Gasteiger partial charge on any atom is -0.298 e. The molecule has 1 heterocycles. The van der Waals surface area contributed by atoms with Gasteiger partial charge in [0.15, 0.2) is 5.82 Å². The first kappa shape index (κ1) is 17.5. The second-order valence-electron chi connectivity index (χ2n) is 5.36. The zero-order valence-electron chi connectivity index (χ0n) is 13.9. The molecule has 0 radical (unpaired) electrons. The Balaban J connectivity index is 0.00000100. The van der Waals surface area contributed by atoms with Crippen molar-refractivity contribution >= 4 is 17.4 Å². The van der Waals surface area contributed by atoms with Gasteiger partial charge in [0.2, 0.25) is 0 Å². The molecule has 1 aromatic heterocycles. The number of carbonyl (C=O) groups excluding carboxylic acids is 1. The van der Waals surface area contributed by atoms with Crippen LogP contribution in [0.25, 0.3) is 11.1 Å². The number of fused-ring (bicyclic) bond motifs is 1. The van der Waals surface area contributed by atoms with E-state index in [1.54, 1.807) is 12.1 Å². The Labute approximate surface area is 141 Å². The molecule has 0 saturated carbocycles. The molecule has 1 aliphatic carbocycles. The quantitative estimate of drug-likeness (QED) is 0.482. The normalized spacial score (nSPS) is 11.9. The van der Waals surface area contributed by atoms with Gasteiger partial charge in [-0.25, -0.2) is 14.4 Å². The molecule has 0 amide bonds. The molecule has 1 aliphatic rings. The molecular formula is C20H19FN2O. The molecule has 0 spiro atoms. The molecule has 1 aromatic carbocycles. The van der Waals surface area contributed by atoms with E-state index in [0.29, 0.717) is 29.7 Å². The number of nitrogens with zero attached hydrogens (tertiary/aromatic N) is 2. The highest BCUT2D eigenvalue weighted by atomic mass is 19.1. The molecule has 4 heteroatoms. The van der Waals surface area contributed by atoms with Crippen LogP contribution in [-0.2, 0) is 11.2 Å². The van der Waals surface area contributed by atoms with Gasteiger partial charge in [0.1, 0.15) is 12.1 Å². The van der Waals surface area contributed by atoms with E-state index in [0.717, 1.165) is 28.1 Å². The van der Waals surface area contributed by atoms with Crippen molar-refractivity contribution in [1.82, 2.24) is 9.97 Å². The van der Waals surface area contributed by atoms with Crippen LogP contribution in [0.2, 0.25) is 0 Å². The van der Waals surface area contributed by atoms with Crippen molar-refractivity contribution in [2.75, 3.05) is 0 Å². The highest BCUT2D eigenvalue weighted by Gasteiger charge is 2.20. The SMILES string of the molecule is C=C.C=C(C=O)c1c(C)nc(C2=CCc3cc(F)ccc32)nc1C. The standard InChI is InChI=1S/C18H15FN2O.C2H4/c1-10(9-22)17-11(2)20-18(21-12(17)3)16-6-4-13-8-14(19)5-7-15(13)16;1-2/h5-9H,1,4H2,2-3H3;1-2H2. The highest BCUT2D eigenvalue weighted by Crippen LogP contribution is 2.32. The Bertz CT molecular complexity index is 830. The minimum absolute atomic E-state index is 0.237. The minimum atomic E-state index is -0.237. The first-order valence-electron chi connectivity index (χ1n) is 7.50. The number of benzene rings is 1. The second kappa shape index (κ2) is 7.13. The van der Waals surface area contributed by atoms with Crippen LogP contribution in [0.4, 0.5) is 4.39 Å². The summed E-state index contributed by atoms with van der Waals surface area (Å²) < 4.78 is 13.3. The summed E-state index contributed by atoms with van der Waals surface area (Å²) in [4.78, 5) is 20.0. The van der Waals surface area contributed by atoms with Crippen molar-refractivity contribution in [3.05, 3.63) is 83.7 Å². The van der Waals surface area contributed by atoms with Gasteiger partial charge in [0.25, 0.3) is 0 Å². The number of aromatic nitrogens is 2. The van der Waals surface area contributed by atoms with Crippen molar-refractivity contribution in [3.63, 3.8) is 0 Å². The molecule has 0 bridgehead atoms. The summed E-state index contributed by atoms with van der Waals surface area (Å²) in [6, 6.07) is 4.75. The molecule has 0 atom stereocenters. The summed E-state index contributed by atoms with van der Waals surface area (Å²) in [6.45, 7) is 13.4. The number of aryl methyl sites for hydroxylation is 2. The lowest BCUT2D eigenvalue weighted by molar-refractivity contribution is -0.103. The van der Waals surface area contributed by atoms with Crippen LogP contribution in [0.1, 0.15) is 33.9 Å². The van der Waals surface area contributed by atoms with E-state index in [2.05, 4.69) is 29.7 Å². The van der Waals surface area contributed by atoms with Crippen LogP contribution in [0.15, 0.2) is 44.0 Å². The third kappa shape index (κ3) is 3.08. The number of hydrogen-bond acceptors (Lipinski definition) is 3. The smallest absolute Gasteiger partial charge is 0.159 e. The zero-order valence-corrected chi connectivity index (χ0v) is 13.9. The van der Waals surface area contributed by atoms with Crippen molar-refractivity contribution in [1.29, 1.82) is 0 Å². The van der Waals surface area contributed by atoms with E-state index in [4.69, 9.17) is 0 Å². The maximum atomic E-state index is 13.3. The summed E-state index contributed by atoms with van der Waals surface area (Å²) in [7, 11) is 0. The molecule has 3 nitrogen and oxygen atoms in total. The van der Waals surface area contributed by atoms with Crippen LogP contribution in [0.3, 0.4) is 0 Å². The Kier molecular flexibility index (Phi) is 5.19. The number of halogens is 1. The Morgan fingerprint density at radius 1 is 1.21 bits per heavy atom. The topological polar surface area (TPSA) is 42.9 Å². The number of aldehydes is 1. The Morgan fingerprint density at radius 2 is 1.83 bits per heavy atom. The Morgan fingerprint density at radius 3 is 2.42 bits per heavy atom. The first-order valence-corrected chi connectivity index (χ1v) is 7.50. The third-order valence-electron chi connectivity index (χ3n) is 3.86. The zero-order chi connectivity index (χ0) is 17.9. The van der Waals surface area contributed by atoms with Gasteiger partial charge < -0.3 is 0 Å². The highest BCUT2D eigenvalue weighted by molar-refractivity contribution is 6.06. The average Bonchev–Trinajstić information content (AvgIpc) is 2.98. The first-order chi connectivity index (χ1) is 11.5. The van der Waals surface area contributed by atoms with Crippen LogP contribution < -0.4 is 0 Å². The molecule has 0 unspecified atom stereocenters. The molecule has 2 aromatic rings. The molecule has 3 rings (SSSR count). The molecule has 122 valence electrons. The Hall–Kier alpha value is -2.88. The van der Waals surface area contributed by atoms with Gasteiger partial charge >= 0.3 is 0 Å². The van der Waals surface area contributed by atoms with Gasteiger partial charge in [0.05, 0.1) is 0 Å². The molecule has 0 saturated heterocycles. The van der Waals surface area contributed by atoms with E-state index in [1.165, 1.54) is 6.07 Å². The summed E-state index contributed by atoms with van der Waals surface area (Å²) in [6.07, 6.45) is 3.39. The number of hydrogen-bond donors (Lipinski definition) is 0. The number of rotatable bonds is 3.